The van der Waals surface area contributed by atoms with E-state index >= 15 is 0 Å². The Kier molecular flexibility index (Phi) is 2.89. The van der Waals surface area contributed by atoms with Gasteiger partial charge in [0.1, 0.15) is 0 Å². The van der Waals surface area contributed by atoms with Gasteiger partial charge >= 0.3 is 0 Å². The molecule has 60 valence electrons. The quantitative estimate of drug-likeness (QED) is 0.495. The molecule has 3 nitrogen and oxygen atoms in total. The molecule has 0 amide bonds. The summed E-state index contributed by atoms with van der Waals surface area (Å²) in [5, 5.41) is 0. The molecule has 0 radical (unpaired) electrons. The summed E-state index contributed by atoms with van der Waals surface area (Å²) in [7, 11) is 0. The number of anilines is 1. The lowest BCUT2D eigenvalue weighted by Gasteiger charge is -2.00. The van der Waals surface area contributed by atoms with Crippen molar-refractivity contribution in [2.75, 3.05) is 12.5 Å². The van der Waals surface area contributed by atoms with Gasteiger partial charge in [0.2, 0.25) is 0 Å². The highest BCUT2D eigenvalue weighted by molar-refractivity contribution is 5.38. The maximum Gasteiger partial charge on any atom is 0.0944 e. The molecular formula is C8H12N2O. The van der Waals surface area contributed by atoms with E-state index in [0.717, 1.165) is 11.3 Å². The second-order valence-corrected chi connectivity index (χ2v) is 2.26. The fourth-order valence-corrected chi connectivity index (χ4v) is 0.791. The minimum atomic E-state index is 0.254. The molecule has 0 unspecified atom stereocenters. The Balaban J connectivity index is 2.52. The van der Waals surface area contributed by atoms with Gasteiger partial charge in [0, 0.05) is 5.69 Å². The molecule has 0 aromatic heterocycles. The summed E-state index contributed by atoms with van der Waals surface area (Å²) in [5.74, 6) is 0. The molecule has 0 aliphatic heterocycles. The summed E-state index contributed by atoms with van der Waals surface area (Å²) in [5.41, 5.74) is 12.5. The molecule has 1 rings (SSSR count). The summed E-state index contributed by atoms with van der Waals surface area (Å²) >= 11 is 0. The van der Waals surface area contributed by atoms with Crippen molar-refractivity contribution in [3.63, 3.8) is 0 Å². The van der Waals surface area contributed by atoms with E-state index in [2.05, 4.69) is 0 Å². The fourth-order valence-electron chi connectivity index (χ4n) is 0.791. The Labute approximate surface area is 66.0 Å². The van der Waals surface area contributed by atoms with E-state index in [9.17, 15) is 0 Å². The standard InChI is InChI=1S/C8H12N2O/c9-6-11-5-7-1-3-8(10)4-2-7/h1-4H,5-6,9-10H2. The average molecular weight is 152 g/mol. The SMILES string of the molecule is NCOCc1ccc(N)cc1. The van der Waals surface area contributed by atoms with Gasteiger partial charge in [-0.1, -0.05) is 12.1 Å². The Bertz CT molecular complexity index is 208. The third-order valence-corrected chi connectivity index (χ3v) is 1.37. The van der Waals surface area contributed by atoms with Crippen LogP contribution in [0.4, 0.5) is 5.69 Å². The smallest absolute Gasteiger partial charge is 0.0944 e. The number of hydrogen-bond acceptors (Lipinski definition) is 3. The molecule has 0 heterocycles. The molecule has 4 N–H and O–H groups in total. The minimum absolute atomic E-state index is 0.254. The van der Waals surface area contributed by atoms with Crippen LogP contribution in [0.3, 0.4) is 0 Å². The van der Waals surface area contributed by atoms with E-state index in [0.29, 0.717) is 6.61 Å². The first-order chi connectivity index (χ1) is 5.33. The van der Waals surface area contributed by atoms with E-state index in [1.807, 2.05) is 24.3 Å². The van der Waals surface area contributed by atoms with Gasteiger partial charge in [0.25, 0.3) is 0 Å². The van der Waals surface area contributed by atoms with Gasteiger partial charge < -0.3 is 16.2 Å². The van der Waals surface area contributed by atoms with Crippen molar-refractivity contribution in [2.45, 2.75) is 6.61 Å². The van der Waals surface area contributed by atoms with Crippen LogP contribution >= 0.6 is 0 Å². The van der Waals surface area contributed by atoms with Crippen molar-refractivity contribution in [3.8, 4) is 0 Å². The molecule has 1 aromatic carbocycles. The lowest BCUT2D eigenvalue weighted by molar-refractivity contribution is 0.127. The summed E-state index contributed by atoms with van der Waals surface area (Å²) in [6, 6.07) is 7.53. The van der Waals surface area contributed by atoms with Crippen LogP contribution in [0.15, 0.2) is 24.3 Å². The minimum Gasteiger partial charge on any atom is -0.399 e. The summed E-state index contributed by atoms with van der Waals surface area (Å²) in [4.78, 5) is 0. The average Bonchev–Trinajstić information content (AvgIpc) is 2.04. The predicted molar refractivity (Wildman–Crippen MR) is 44.7 cm³/mol. The third kappa shape index (κ3) is 2.57. The van der Waals surface area contributed by atoms with Gasteiger partial charge in [-0.2, -0.15) is 0 Å². The molecule has 0 saturated heterocycles. The van der Waals surface area contributed by atoms with Gasteiger partial charge in [-0.15, -0.1) is 0 Å². The fraction of sp³-hybridized carbons (Fsp3) is 0.250. The van der Waals surface area contributed by atoms with Gasteiger partial charge in [-0.3, -0.25) is 0 Å². The van der Waals surface area contributed by atoms with Crippen LogP contribution in [0.5, 0.6) is 0 Å². The van der Waals surface area contributed by atoms with Crippen molar-refractivity contribution < 1.29 is 4.74 Å². The monoisotopic (exact) mass is 152 g/mol. The first-order valence-corrected chi connectivity index (χ1v) is 3.45. The highest BCUT2D eigenvalue weighted by Gasteiger charge is 1.90. The lowest BCUT2D eigenvalue weighted by Crippen LogP contribution is -2.04. The van der Waals surface area contributed by atoms with E-state index in [1.54, 1.807) is 0 Å². The van der Waals surface area contributed by atoms with E-state index in [-0.39, 0.29) is 6.73 Å². The van der Waals surface area contributed by atoms with Crippen LogP contribution in [0.1, 0.15) is 5.56 Å². The van der Waals surface area contributed by atoms with Crippen LogP contribution in [-0.4, -0.2) is 6.73 Å². The van der Waals surface area contributed by atoms with Crippen molar-refractivity contribution in [1.29, 1.82) is 0 Å². The highest BCUT2D eigenvalue weighted by atomic mass is 16.5. The molecule has 1 aromatic rings. The maximum atomic E-state index is 5.49. The molecule has 0 atom stereocenters. The molecule has 3 heteroatoms. The van der Waals surface area contributed by atoms with Gasteiger partial charge in [-0.05, 0) is 17.7 Å². The predicted octanol–water partition coefficient (Wildman–Crippen LogP) is 0.702. The Morgan fingerprint density at radius 3 is 2.36 bits per heavy atom. The van der Waals surface area contributed by atoms with E-state index in [4.69, 9.17) is 16.2 Å². The first-order valence-electron chi connectivity index (χ1n) is 3.45. The summed E-state index contributed by atoms with van der Waals surface area (Å²) in [6.45, 7) is 0.807. The largest absolute Gasteiger partial charge is 0.399 e. The molecule has 0 fully saturated rings. The van der Waals surface area contributed by atoms with Crippen LogP contribution in [0, 0.1) is 0 Å². The Morgan fingerprint density at radius 1 is 1.18 bits per heavy atom. The van der Waals surface area contributed by atoms with Crippen molar-refractivity contribution in [3.05, 3.63) is 29.8 Å². The zero-order chi connectivity index (χ0) is 8.10. The number of rotatable bonds is 3. The van der Waals surface area contributed by atoms with Gasteiger partial charge in [0.15, 0.2) is 0 Å². The van der Waals surface area contributed by atoms with Crippen LogP contribution < -0.4 is 11.5 Å². The summed E-state index contributed by atoms with van der Waals surface area (Å²) < 4.78 is 5.00. The first kappa shape index (κ1) is 8.04. The topological polar surface area (TPSA) is 61.3 Å². The third-order valence-electron chi connectivity index (χ3n) is 1.37. The molecule has 0 saturated carbocycles. The van der Waals surface area contributed by atoms with E-state index < -0.39 is 0 Å². The zero-order valence-corrected chi connectivity index (χ0v) is 6.29. The molecular weight excluding hydrogens is 140 g/mol. The highest BCUT2D eigenvalue weighted by Crippen LogP contribution is 2.05. The molecule has 0 spiro atoms. The second-order valence-electron chi connectivity index (χ2n) is 2.26. The number of nitrogens with two attached hydrogens (primary N) is 2. The molecule has 0 bridgehead atoms. The number of nitrogen functional groups attached to an aromatic ring is 1. The molecule has 11 heavy (non-hydrogen) atoms. The summed E-state index contributed by atoms with van der Waals surface area (Å²) in [6.07, 6.45) is 0. The van der Waals surface area contributed by atoms with Gasteiger partial charge in [0.05, 0.1) is 13.3 Å². The lowest BCUT2D eigenvalue weighted by atomic mass is 10.2. The van der Waals surface area contributed by atoms with Crippen LogP contribution in [0.2, 0.25) is 0 Å². The molecule has 0 aliphatic carbocycles. The zero-order valence-electron chi connectivity index (χ0n) is 6.29. The maximum absolute atomic E-state index is 5.49. The number of ether oxygens (including phenoxy) is 1. The van der Waals surface area contributed by atoms with Crippen LogP contribution in [0.25, 0.3) is 0 Å². The van der Waals surface area contributed by atoms with Crippen molar-refractivity contribution in [1.82, 2.24) is 0 Å². The normalized spacial score (nSPS) is 9.91. The molecule has 0 aliphatic rings. The number of benzene rings is 1. The Hall–Kier alpha value is -1.06. The second kappa shape index (κ2) is 3.95. The van der Waals surface area contributed by atoms with Gasteiger partial charge in [-0.25, -0.2) is 0 Å². The van der Waals surface area contributed by atoms with E-state index in [1.165, 1.54) is 0 Å². The van der Waals surface area contributed by atoms with Crippen LogP contribution in [-0.2, 0) is 11.3 Å². The van der Waals surface area contributed by atoms with Crippen molar-refractivity contribution in [2.24, 2.45) is 5.73 Å². The van der Waals surface area contributed by atoms with Crippen molar-refractivity contribution >= 4 is 5.69 Å². The Morgan fingerprint density at radius 2 is 1.82 bits per heavy atom. The number of hydrogen-bond donors (Lipinski definition) is 2.